The predicted molar refractivity (Wildman–Crippen MR) is 99.7 cm³/mol. The number of carbonyl (C=O) groups is 3. The number of nitro groups is 1. The lowest BCUT2D eigenvalue weighted by atomic mass is 10.1. The summed E-state index contributed by atoms with van der Waals surface area (Å²) in [7, 11) is 0. The quantitative estimate of drug-likeness (QED) is 0.307. The topological polar surface area (TPSA) is 138 Å². The molecule has 1 N–H and O–H groups in total. The van der Waals surface area contributed by atoms with Gasteiger partial charge < -0.3 is 19.2 Å². The molecule has 0 fully saturated rings. The Kier molecular flexibility index (Phi) is 7.07. The van der Waals surface area contributed by atoms with Crippen LogP contribution in [-0.2, 0) is 20.8 Å². The molecular formula is C19H20N2O8. The van der Waals surface area contributed by atoms with E-state index in [9.17, 15) is 24.5 Å². The fraction of sp³-hybridized carbons (Fsp3) is 0.316. The molecule has 29 heavy (non-hydrogen) atoms. The van der Waals surface area contributed by atoms with E-state index in [0.717, 1.165) is 6.07 Å². The number of benzene rings is 1. The van der Waals surface area contributed by atoms with E-state index in [4.69, 9.17) is 14.2 Å². The molecule has 0 saturated heterocycles. The van der Waals surface area contributed by atoms with Crippen molar-refractivity contribution in [3.63, 3.8) is 0 Å². The number of aromatic nitrogens is 1. The van der Waals surface area contributed by atoms with Crippen LogP contribution >= 0.6 is 0 Å². The molecule has 0 unspecified atom stereocenters. The number of nitrogens with one attached hydrogen (secondary N) is 1. The number of ether oxygens (including phenoxy) is 3. The van der Waals surface area contributed by atoms with E-state index in [-0.39, 0.29) is 48.0 Å². The van der Waals surface area contributed by atoms with E-state index in [0.29, 0.717) is 5.56 Å². The van der Waals surface area contributed by atoms with Crippen molar-refractivity contribution < 1.29 is 33.5 Å². The monoisotopic (exact) mass is 404 g/mol. The average molecular weight is 404 g/mol. The highest BCUT2D eigenvalue weighted by Gasteiger charge is 2.26. The zero-order chi connectivity index (χ0) is 21.6. The number of carbonyl (C=O) groups excluding carboxylic acids is 3. The first-order valence-corrected chi connectivity index (χ1v) is 8.77. The molecule has 0 aliphatic heterocycles. The number of hydrogen-bond acceptors (Lipinski definition) is 8. The normalized spacial score (nSPS) is 10.3. The second-order valence-corrected chi connectivity index (χ2v) is 5.80. The summed E-state index contributed by atoms with van der Waals surface area (Å²) in [4.78, 5) is 49.6. The Hall–Kier alpha value is -3.69. The van der Waals surface area contributed by atoms with Crippen LogP contribution in [0.3, 0.4) is 0 Å². The van der Waals surface area contributed by atoms with Crippen LogP contribution in [0.15, 0.2) is 24.3 Å². The zero-order valence-corrected chi connectivity index (χ0v) is 16.1. The number of hydrogen-bond donors (Lipinski definition) is 1. The Balaban J connectivity index is 2.28. The van der Waals surface area contributed by atoms with Gasteiger partial charge in [-0.05, 0) is 32.4 Å². The summed E-state index contributed by atoms with van der Waals surface area (Å²) in [5.74, 6) is -2.17. The number of nitrogens with zero attached hydrogens (tertiary/aromatic N) is 1. The summed E-state index contributed by atoms with van der Waals surface area (Å²) >= 11 is 0. The maximum Gasteiger partial charge on any atom is 0.355 e. The van der Waals surface area contributed by atoms with Gasteiger partial charge in [-0.15, -0.1) is 0 Å². The van der Waals surface area contributed by atoms with E-state index in [2.05, 4.69) is 4.98 Å². The minimum atomic E-state index is -0.826. The van der Waals surface area contributed by atoms with Gasteiger partial charge in [0, 0.05) is 12.1 Å². The van der Waals surface area contributed by atoms with Gasteiger partial charge in [-0.1, -0.05) is 6.07 Å². The lowest BCUT2D eigenvalue weighted by Crippen LogP contribution is -2.11. The minimum Gasteiger partial charge on any atom is -0.462 e. The first-order valence-electron chi connectivity index (χ1n) is 8.77. The second kappa shape index (κ2) is 9.49. The van der Waals surface area contributed by atoms with Crippen molar-refractivity contribution in [1.82, 2.24) is 4.98 Å². The number of esters is 3. The number of nitro benzene ring substituents is 1. The zero-order valence-electron chi connectivity index (χ0n) is 16.1. The summed E-state index contributed by atoms with van der Waals surface area (Å²) in [5, 5.41) is 10.8. The molecule has 0 amide bonds. The molecule has 154 valence electrons. The Labute approximate surface area is 165 Å². The van der Waals surface area contributed by atoms with Gasteiger partial charge in [0.1, 0.15) is 12.3 Å². The lowest BCUT2D eigenvalue weighted by Gasteiger charge is -2.07. The molecule has 1 aromatic heterocycles. The minimum absolute atomic E-state index is 0.0224. The summed E-state index contributed by atoms with van der Waals surface area (Å²) in [5.41, 5.74) is 0.307. The van der Waals surface area contributed by atoms with Gasteiger partial charge in [0.25, 0.3) is 5.69 Å². The van der Waals surface area contributed by atoms with Crippen LogP contribution in [0.2, 0.25) is 0 Å². The molecule has 2 rings (SSSR count). The predicted octanol–water partition coefficient (Wildman–Crippen LogP) is 2.94. The number of aromatic amines is 1. The van der Waals surface area contributed by atoms with Gasteiger partial charge >= 0.3 is 17.9 Å². The van der Waals surface area contributed by atoms with Gasteiger partial charge in [0.15, 0.2) is 0 Å². The van der Waals surface area contributed by atoms with Crippen LogP contribution < -0.4 is 0 Å². The molecular weight excluding hydrogens is 384 g/mol. The largest absolute Gasteiger partial charge is 0.462 e. The van der Waals surface area contributed by atoms with E-state index >= 15 is 0 Å². The lowest BCUT2D eigenvalue weighted by molar-refractivity contribution is -0.384. The highest BCUT2D eigenvalue weighted by atomic mass is 16.6. The molecule has 0 radical (unpaired) electrons. The Morgan fingerprint density at radius 2 is 1.69 bits per heavy atom. The van der Waals surface area contributed by atoms with Crippen molar-refractivity contribution in [2.24, 2.45) is 0 Å². The van der Waals surface area contributed by atoms with E-state index in [1.54, 1.807) is 20.8 Å². The summed E-state index contributed by atoms with van der Waals surface area (Å²) in [6.07, 6.45) is 0. The van der Waals surface area contributed by atoms with Crippen LogP contribution in [0.25, 0.3) is 0 Å². The Morgan fingerprint density at radius 3 is 2.31 bits per heavy atom. The molecule has 0 bridgehead atoms. The van der Waals surface area contributed by atoms with Gasteiger partial charge in [0.05, 0.1) is 35.0 Å². The van der Waals surface area contributed by atoms with Crippen molar-refractivity contribution in [2.75, 3.05) is 13.2 Å². The van der Waals surface area contributed by atoms with Crippen LogP contribution in [0, 0.1) is 17.0 Å². The SMILES string of the molecule is CCOC(=O)c1[nH]c(COC(=O)c2cccc([N+](=O)[O-])c2)c(C(=O)OCC)c1C. The van der Waals surface area contributed by atoms with E-state index < -0.39 is 22.8 Å². The first kappa shape index (κ1) is 21.6. The molecule has 0 aliphatic carbocycles. The molecule has 10 heteroatoms. The van der Waals surface area contributed by atoms with Gasteiger partial charge in [-0.3, -0.25) is 10.1 Å². The Morgan fingerprint density at radius 1 is 1.03 bits per heavy atom. The second-order valence-electron chi connectivity index (χ2n) is 5.80. The Bertz CT molecular complexity index is 948. The van der Waals surface area contributed by atoms with Crippen LogP contribution in [-0.4, -0.2) is 41.0 Å². The average Bonchev–Trinajstić information content (AvgIpc) is 3.03. The molecule has 2 aromatic rings. The maximum absolute atomic E-state index is 12.3. The summed E-state index contributed by atoms with van der Waals surface area (Å²) in [6, 6.07) is 5.05. The number of rotatable bonds is 8. The van der Waals surface area contributed by atoms with Crippen LogP contribution in [0.4, 0.5) is 5.69 Å². The maximum atomic E-state index is 12.3. The van der Waals surface area contributed by atoms with Crippen molar-refractivity contribution in [3.05, 3.63) is 62.5 Å². The highest BCUT2D eigenvalue weighted by molar-refractivity contribution is 5.98. The molecule has 0 aliphatic rings. The molecule has 1 heterocycles. The standard InChI is InChI=1S/C19H20N2O8/c1-4-27-18(23)15-11(3)16(19(24)28-5-2)20-14(15)10-29-17(22)12-7-6-8-13(9-12)21(25)26/h6-9,20H,4-5,10H2,1-3H3. The molecule has 0 saturated carbocycles. The third kappa shape index (κ3) is 4.98. The van der Waals surface area contributed by atoms with E-state index in [1.807, 2.05) is 0 Å². The van der Waals surface area contributed by atoms with Crippen molar-refractivity contribution in [2.45, 2.75) is 27.4 Å². The number of H-pyrrole nitrogens is 1. The van der Waals surface area contributed by atoms with Gasteiger partial charge in [0.2, 0.25) is 0 Å². The van der Waals surface area contributed by atoms with Crippen LogP contribution in [0.1, 0.15) is 56.3 Å². The first-order chi connectivity index (χ1) is 13.8. The third-order valence-electron chi connectivity index (χ3n) is 3.93. The molecule has 1 aromatic carbocycles. The molecule has 10 nitrogen and oxygen atoms in total. The van der Waals surface area contributed by atoms with Crippen molar-refractivity contribution in [3.8, 4) is 0 Å². The van der Waals surface area contributed by atoms with Crippen molar-refractivity contribution >= 4 is 23.6 Å². The van der Waals surface area contributed by atoms with Crippen molar-refractivity contribution in [1.29, 1.82) is 0 Å². The third-order valence-corrected chi connectivity index (χ3v) is 3.93. The summed E-state index contributed by atoms with van der Waals surface area (Å²) in [6.45, 7) is 4.70. The fourth-order valence-corrected chi connectivity index (χ4v) is 2.62. The molecule has 0 atom stereocenters. The smallest absolute Gasteiger partial charge is 0.355 e. The molecule has 0 spiro atoms. The highest BCUT2D eigenvalue weighted by Crippen LogP contribution is 2.22. The van der Waals surface area contributed by atoms with Gasteiger partial charge in [-0.25, -0.2) is 14.4 Å². The number of non-ortho nitro benzene ring substituents is 1. The summed E-state index contributed by atoms with van der Waals surface area (Å²) < 4.78 is 15.1. The fourth-order valence-electron chi connectivity index (χ4n) is 2.62. The van der Waals surface area contributed by atoms with E-state index in [1.165, 1.54) is 18.2 Å². The van der Waals surface area contributed by atoms with Gasteiger partial charge in [-0.2, -0.15) is 0 Å². The van der Waals surface area contributed by atoms with Crippen LogP contribution in [0.5, 0.6) is 0 Å².